The second kappa shape index (κ2) is 8.74. The van der Waals surface area contributed by atoms with Crippen molar-refractivity contribution in [3.05, 3.63) is 59.1 Å². The van der Waals surface area contributed by atoms with Gasteiger partial charge in [-0.05, 0) is 48.4 Å². The third kappa shape index (κ3) is 6.06. The molecule has 2 aromatic carbocycles. The molecule has 7 heteroatoms. The molecule has 0 fully saturated rings. The molecule has 0 saturated heterocycles. The number of carbonyl (C=O) groups is 1. The summed E-state index contributed by atoms with van der Waals surface area (Å²) >= 11 is 7.28. The predicted octanol–water partition coefficient (Wildman–Crippen LogP) is 4.10. The number of hydrogen-bond acceptors (Lipinski definition) is 4. The van der Waals surface area contributed by atoms with Crippen LogP contribution in [0, 0.1) is 0 Å². The molecule has 0 spiro atoms. The van der Waals surface area contributed by atoms with Gasteiger partial charge in [-0.25, -0.2) is 8.42 Å². The highest BCUT2D eigenvalue weighted by atomic mass is 35.5. The number of amides is 1. The van der Waals surface area contributed by atoms with Gasteiger partial charge in [-0.1, -0.05) is 30.7 Å². The van der Waals surface area contributed by atoms with Crippen LogP contribution in [-0.2, 0) is 14.6 Å². The maximum Gasteiger partial charge on any atom is 0.230 e. The Morgan fingerprint density at radius 3 is 2.24 bits per heavy atom. The fourth-order valence-corrected chi connectivity index (χ4v) is 3.75. The first-order valence-electron chi connectivity index (χ1n) is 7.77. The zero-order chi connectivity index (χ0) is 18.4. The minimum absolute atomic E-state index is 0.0704. The van der Waals surface area contributed by atoms with E-state index in [1.165, 1.54) is 18.0 Å². The maximum absolute atomic E-state index is 12.2. The molecule has 0 heterocycles. The molecule has 4 nitrogen and oxygen atoms in total. The Balaban J connectivity index is 1.96. The summed E-state index contributed by atoms with van der Waals surface area (Å²) < 4.78 is 23.0. The Kier molecular flexibility index (Phi) is 6.93. The molecule has 134 valence electrons. The largest absolute Gasteiger partial charge is 0.349 e. The summed E-state index contributed by atoms with van der Waals surface area (Å²) in [5.41, 5.74) is 0.889. The quantitative estimate of drug-likeness (QED) is 0.714. The van der Waals surface area contributed by atoms with Crippen molar-refractivity contribution >= 4 is 39.1 Å². The van der Waals surface area contributed by atoms with E-state index in [9.17, 15) is 13.2 Å². The Bertz CT molecular complexity index is 818. The molecule has 0 aliphatic carbocycles. The normalized spacial score (nSPS) is 12.6. The van der Waals surface area contributed by atoms with Crippen LogP contribution < -0.4 is 5.32 Å². The lowest BCUT2D eigenvalue weighted by Gasteiger charge is -2.17. The number of rotatable bonds is 7. The summed E-state index contributed by atoms with van der Waals surface area (Å²) in [6.45, 7) is 1.97. The first-order valence-corrected chi connectivity index (χ1v) is 11.0. The van der Waals surface area contributed by atoms with Crippen LogP contribution in [0.3, 0.4) is 0 Å². The number of thioether (sulfide) groups is 1. The molecule has 0 aromatic heterocycles. The highest BCUT2D eigenvalue weighted by Crippen LogP contribution is 2.22. The highest BCUT2D eigenvalue weighted by Gasteiger charge is 2.14. The topological polar surface area (TPSA) is 63.2 Å². The lowest BCUT2D eigenvalue weighted by Crippen LogP contribution is -2.29. The van der Waals surface area contributed by atoms with Gasteiger partial charge in [0.05, 0.1) is 16.7 Å². The van der Waals surface area contributed by atoms with E-state index in [-0.39, 0.29) is 16.8 Å². The minimum atomic E-state index is -3.22. The standard InChI is InChI=1S/C18H20ClNO3S2/c1-3-17(13-4-10-16(11-5-13)25(2,22)23)20-18(21)12-24-15-8-6-14(19)7-9-15/h4-11,17H,3,12H2,1-2H3,(H,20,21)/t17-/m1/s1. The van der Waals surface area contributed by atoms with Crippen LogP contribution in [0.5, 0.6) is 0 Å². The molecule has 0 radical (unpaired) electrons. The average Bonchev–Trinajstić information content (AvgIpc) is 2.58. The van der Waals surface area contributed by atoms with Crippen molar-refractivity contribution in [2.75, 3.05) is 12.0 Å². The van der Waals surface area contributed by atoms with Gasteiger partial charge in [0.25, 0.3) is 0 Å². The van der Waals surface area contributed by atoms with Crippen LogP contribution in [0.1, 0.15) is 24.9 Å². The fourth-order valence-electron chi connectivity index (χ4n) is 2.28. The number of nitrogens with one attached hydrogen (secondary N) is 1. The second-order valence-corrected chi connectivity index (χ2v) is 9.11. The van der Waals surface area contributed by atoms with Crippen LogP contribution in [-0.4, -0.2) is 26.3 Å². The van der Waals surface area contributed by atoms with E-state index in [0.29, 0.717) is 10.8 Å². The van der Waals surface area contributed by atoms with E-state index in [2.05, 4.69) is 5.32 Å². The first-order chi connectivity index (χ1) is 11.8. The Morgan fingerprint density at radius 1 is 1.12 bits per heavy atom. The van der Waals surface area contributed by atoms with E-state index >= 15 is 0 Å². The van der Waals surface area contributed by atoms with Gasteiger partial charge in [-0.15, -0.1) is 11.8 Å². The van der Waals surface area contributed by atoms with Gasteiger partial charge in [0.2, 0.25) is 5.91 Å². The lowest BCUT2D eigenvalue weighted by atomic mass is 10.0. The average molecular weight is 398 g/mol. The monoisotopic (exact) mass is 397 g/mol. The number of hydrogen-bond donors (Lipinski definition) is 1. The van der Waals surface area contributed by atoms with E-state index < -0.39 is 9.84 Å². The molecule has 0 unspecified atom stereocenters. The molecular formula is C18H20ClNO3S2. The van der Waals surface area contributed by atoms with Crippen LogP contribution in [0.15, 0.2) is 58.3 Å². The number of carbonyl (C=O) groups excluding carboxylic acids is 1. The molecular weight excluding hydrogens is 378 g/mol. The van der Waals surface area contributed by atoms with Crippen LogP contribution >= 0.6 is 23.4 Å². The van der Waals surface area contributed by atoms with Crippen molar-refractivity contribution < 1.29 is 13.2 Å². The van der Waals surface area contributed by atoms with Gasteiger partial charge in [0.15, 0.2) is 9.84 Å². The zero-order valence-electron chi connectivity index (χ0n) is 14.0. The second-order valence-electron chi connectivity index (χ2n) is 5.61. The Labute approximate surface area is 157 Å². The molecule has 0 bridgehead atoms. The van der Waals surface area contributed by atoms with Gasteiger partial charge in [0.1, 0.15) is 0 Å². The third-order valence-electron chi connectivity index (χ3n) is 3.64. The van der Waals surface area contributed by atoms with Crippen molar-refractivity contribution in [2.24, 2.45) is 0 Å². The maximum atomic E-state index is 12.2. The van der Waals surface area contributed by atoms with Crippen LogP contribution in [0.25, 0.3) is 0 Å². The lowest BCUT2D eigenvalue weighted by molar-refractivity contribution is -0.119. The number of sulfone groups is 1. The summed E-state index contributed by atoms with van der Waals surface area (Å²) in [7, 11) is -3.22. The summed E-state index contributed by atoms with van der Waals surface area (Å²) in [4.78, 5) is 13.4. The van der Waals surface area contributed by atoms with Gasteiger partial charge in [-0.2, -0.15) is 0 Å². The molecule has 1 atom stereocenters. The molecule has 25 heavy (non-hydrogen) atoms. The number of halogens is 1. The fraction of sp³-hybridized carbons (Fsp3) is 0.278. The molecule has 0 saturated carbocycles. The van der Waals surface area contributed by atoms with E-state index in [4.69, 9.17) is 11.6 Å². The molecule has 1 amide bonds. The van der Waals surface area contributed by atoms with Crippen molar-refractivity contribution in [3.8, 4) is 0 Å². The smallest absolute Gasteiger partial charge is 0.230 e. The third-order valence-corrected chi connectivity index (χ3v) is 6.03. The highest BCUT2D eigenvalue weighted by molar-refractivity contribution is 8.00. The van der Waals surface area contributed by atoms with Gasteiger partial charge >= 0.3 is 0 Å². The van der Waals surface area contributed by atoms with Crippen molar-refractivity contribution in [3.63, 3.8) is 0 Å². The molecule has 0 aliphatic rings. The van der Waals surface area contributed by atoms with Crippen molar-refractivity contribution in [1.82, 2.24) is 5.32 Å². The van der Waals surface area contributed by atoms with Crippen LogP contribution in [0.2, 0.25) is 5.02 Å². The molecule has 1 N–H and O–H groups in total. The van der Waals surface area contributed by atoms with E-state index in [1.807, 2.05) is 19.1 Å². The predicted molar refractivity (Wildman–Crippen MR) is 103 cm³/mol. The Morgan fingerprint density at radius 2 is 1.72 bits per heavy atom. The van der Waals surface area contributed by atoms with Gasteiger partial charge < -0.3 is 5.32 Å². The molecule has 0 aliphatic heterocycles. The van der Waals surface area contributed by atoms with E-state index in [0.717, 1.165) is 16.9 Å². The molecule has 2 aromatic rings. The molecule has 2 rings (SSSR count). The Hall–Kier alpha value is -1.50. The SMILES string of the molecule is CC[C@@H](NC(=O)CSc1ccc(Cl)cc1)c1ccc(S(C)(=O)=O)cc1. The summed E-state index contributed by atoms with van der Waals surface area (Å²) in [5, 5.41) is 3.65. The first kappa shape index (κ1) is 19.8. The van der Waals surface area contributed by atoms with Crippen molar-refractivity contribution in [1.29, 1.82) is 0 Å². The van der Waals surface area contributed by atoms with Gasteiger partial charge in [0, 0.05) is 16.2 Å². The minimum Gasteiger partial charge on any atom is -0.349 e. The van der Waals surface area contributed by atoms with E-state index in [1.54, 1.807) is 36.4 Å². The number of benzene rings is 2. The van der Waals surface area contributed by atoms with Crippen molar-refractivity contribution in [2.45, 2.75) is 29.2 Å². The summed E-state index contributed by atoms with van der Waals surface area (Å²) in [6.07, 6.45) is 1.89. The zero-order valence-corrected chi connectivity index (χ0v) is 16.4. The van der Waals surface area contributed by atoms with Crippen LogP contribution in [0.4, 0.5) is 0 Å². The van der Waals surface area contributed by atoms with Gasteiger partial charge in [-0.3, -0.25) is 4.79 Å². The summed E-state index contributed by atoms with van der Waals surface area (Å²) in [6, 6.07) is 13.8. The summed E-state index contributed by atoms with van der Waals surface area (Å²) in [5.74, 6) is 0.235.